The number of hydrogen-bond acceptors (Lipinski definition) is 5. The summed E-state index contributed by atoms with van der Waals surface area (Å²) in [5.74, 6) is 3.00. The predicted molar refractivity (Wildman–Crippen MR) is 133 cm³/mol. The number of oxime groups is 1. The van der Waals surface area contributed by atoms with Crippen molar-refractivity contribution in [3.05, 3.63) is 65.2 Å². The molecule has 0 radical (unpaired) electrons. The van der Waals surface area contributed by atoms with Gasteiger partial charge in [-0.05, 0) is 74.1 Å². The van der Waals surface area contributed by atoms with Gasteiger partial charge in [0.1, 0.15) is 31.0 Å². The van der Waals surface area contributed by atoms with E-state index in [4.69, 9.17) is 19.0 Å². The summed E-state index contributed by atoms with van der Waals surface area (Å²) in [5, 5.41) is 3.78. The van der Waals surface area contributed by atoms with Crippen LogP contribution >= 0.6 is 0 Å². The zero-order valence-corrected chi connectivity index (χ0v) is 20.7. The Balaban J connectivity index is 0.00000249. The van der Waals surface area contributed by atoms with Crippen LogP contribution in [0, 0.1) is 19.8 Å². The molecule has 0 aliphatic heterocycles. The number of benzene rings is 2. The Kier molecular flexibility index (Phi) is 13.4. The van der Waals surface area contributed by atoms with Crippen molar-refractivity contribution in [3.63, 3.8) is 0 Å². The topological polar surface area (TPSA) is 49.3 Å². The number of allylic oxidation sites excluding steroid dienone is 1. The Bertz CT molecular complexity index is 822. The molecule has 1 atom stereocenters. The Morgan fingerprint density at radius 1 is 0.969 bits per heavy atom. The Morgan fingerprint density at radius 2 is 1.69 bits per heavy atom. The van der Waals surface area contributed by atoms with Gasteiger partial charge >= 0.3 is 0 Å². The molecular weight excluding hydrogens is 402 g/mol. The van der Waals surface area contributed by atoms with E-state index in [1.165, 1.54) is 7.11 Å². The molecule has 32 heavy (non-hydrogen) atoms. The molecule has 0 N–H and O–H groups in total. The fraction of sp³-hybridized carbons (Fsp3) is 0.444. The lowest BCUT2D eigenvalue weighted by Crippen LogP contribution is -2.13. The predicted octanol–water partition coefficient (Wildman–Crippen LogP) is 6.75. The number of ether oxygens (including phenoxy) is 3. The molecule has 0 aliphatic carbocycles. The summed E-state index contributed by atoms with van der Waals surface area (Å²) < 4.78 is 17.7. The molecule has 0 spiro atoms. The van der Waals surface area contributed by atoms with Gasteiger partial charge in [0.2, 0.25) is 0 Å². The summed E-state index contributed by atoms with van der Waals surface area (Å²) in [6, 6.07) is 11.8. The summed E-state index contributed by atoms with van der Waals surface area (Å²) in [6.07, 6.45) is 6.53. The molecule has 0 saturated carbocycles. The molecule has 2 aromatic carbocycles. The molecule has 0 aromatic heterocycles. The van der Waals surface area contributed by atoms with Crippen LogP contribution in [0.2, 0.25) is 0 Å². The molecule has 0 heterocycles. The SMILES string of the molecule is C/C=C/COc1cc(C)c(OCCC(C)COc2cccc(/C=N\OC)c2)c(C)c1.CC. The smallest absolute Gasteiger partial charge is 0.125 e. The first-order valence-electron chi connectivity index (χ1n) is 11.3. The third-order valence-corrected chi connectivity index (χ3v) is 4.57. The molecule has 0 bridgehead atoms. The van der Waals surface area contributed by atoms with Gasteiger partial charge in [-0.1, -0.05) is 50.2 Å². The van der Waals surface area contributed by atoms with Gasteiger partial charge in [-0.25, -0.2) is 0 Å². The lowest BCUT2D eigenvalue weighted by molar-refractivity contribution is 0.215. The molecule has 2 rings (SSSR count). The van der Waals surface area contributed by atoms with Crippen molar-refractivity contribution in [2.45, 2.75) is 48.0 Å². The molecular formula is C27H39NO4. The first-order chi connectivity index (χ1) is 15.5. The van der Waals surface area contributed by atoms with E-state index in [9.17, 15) is 0 Å². The van der Waals surface area contributed by atoms with E-state index in [0.717, 1.165) is 40.4 Å². The van der Waals surface area contributed by atoms with E-state index in [2.05, 4.69) is 25.9 Å². The standard InChI is InChI=1S/C25H33NO4.C2H6/c1-6-7-12-28-24-14-20(3)25(21(4)15-24)29-13-11-19(2)18-30-23-10-8-9-22(16-23)17-26-27-5;1-2/h6-10,14-17,19H,11-13,18H2,1-5H3;1-2H3/b7-6+,26-17-;. The molecule has 0 amide bonds. The van der Waals surface area contributed by atoms with Crippen molar-refractivity contribution in [2.24, 2.45) is 11.1 Å². The Morgan fingerprint density at radius 3 is 2.34 bits per heavy atom. The largest absolute Gasteiger partial charge is 0.493 e. The van der Waals surface area contributed by atoms with Gasteiger partial charge in [0.25, 0.3) is 0 Å². The van der Waals surface area contributed by atoms with Crippen LogP contribution in [0.15, 0.2) is 53.7 Å². The minimum Gasteiger partial charge on any atom is -0.493 e. The second-order valence-electron chi connectivity index (χ2n) is 7.31. The van der Waals surface area contributed by atoms with Gasteiger partial charge in [-0.2, -0.15) is 0 Å². The van der Waals surface area contributed by atoms with Crippen LogP contribution in [0.3, 0.4) is 0 Å². The fourth-order valence-electron chi connectivity index (χ4n) is 2.94. The third kappa shape index (κ3) is 9.90. The highest BCUT2D eigenvalue weighted by Crippen LogP contribution is 2.29. The third-order valence-electron chi connectivity index (χ3n) is 4.57. The van der Waals surface area contributed by atoms with Crippen LogP contribution in [0.25, 0.3) is 0 Å². The number of rotatable bonds is 12. The van der Waals surface area contributed by atoms with Crippen molar-refractivity contribution in [1.29, 1.82) is 0 Å². The van der Waals surface area contributed by atoms with Crippen molar-refractivity contribution in [1.82, 2.24) is 0 Å². The van der Waals surface area contributed by atoms with E-state index in [1.807, 2.05) is 69.3 Å². The monoisotopic (exact) mass is 441 g/mol. The second kappa shape index (κ2) is 15.8. The van der Waals surface area contributed by atoms with Gasteiger partial charge in [0.15, 0.2) is 0 Å². The summed E-state index contributed by atoms with van der Waals surface area (Å²) in [7, 11) is 1.52. The number of aryl methyl sites for hydroxylation is 2. The minimum absolute atomic E-state index is 0.366. The molecule has 176 valence electrons. The Labute approximate surface area is 194 Å². The van der Waals surface area contributed by atoms with E-state index in [-0.39, 0.29) is 0 Å². The summed E-state index contributed by atoms with van der Waals surface area (Å²) in [6.45, 7) is 14.1. The van der Waals surface area contributed by atoms with E-state index in [1.54, 1.807) is 6.21 Å². The molecule has 1 unspecified atom stereocenters. The van der Waals surface area contributed by atoms with Gasteiger partial charge in [-0.15, -0.1) is 0 Å². The van der Waals surface area contributed by atoms with Crippen molar-refractivity contribution < 1.29 is 19.0 Å². The lowest BCUT2D eigenvalue weighted by Gasteiger charge is -2.17. The summed E-state index contributed by atoms with van der Waals surface area (Å²) >= 11 is 0. The van der Waals surface area contributed by atoms with E-state index >= 15 is 0 Å². The quantitative estimate of drug-likeness (QED) is 0.208. The molecule has 5 nitrogen and oxygen atoms in total. The Hall–Kier alpha value is -2.95. The van der Waals surface area contributed by atoms with Crippen LogP contribution in [-0.2, 0) is 4.84 Å². The van der Waals surface area contributed by atoms with Crippen LogP contribution < -0.4 is 14.2 Å². The first-order valence-corrected chi connectivity index (χ1v) is 11.3. The molecule has 5 heteroatoms. The zero-order valence-electron chi connectivity index (χ0n) is 20.7. The fourth-order valence-corrected chi connectivity index (χ4v) is 2.94. The van der Waals surface area contributed by atoms with Crippen LogP contribution in [0.5, 0.6) is 17.2 Å². The van der Waals surface area contributed by atoms with Crippen LogP contribution in [0.1, 0.15) is 50.8 Å². The van der Waals surface area contributed by atoms with Gasteiger partial charge in [0, 0.05) is 0 Å². The maximum atomic E-state index is 6.08. The normalized spacial score (nSPS) is 11.7. The van der Waals surface area contributed by atoms with Crippen molar-refractivity contribution in [3.8, 4) is 17.2 Å². The van der Waals surface area contributed by atoms with Crippen molar-refractivity contribution >= 4 is 6.21 Å². The molecule has 0 saturated heterocycles. The van der Waals surface area contributed by atoms with Crippen LogP contribution in [0.4, 0.5) is 0 Å². The maximum Gasteiger partial charge on any atom is 0.125 e. The highest BCUT2D eigenvalue weighted by atomic mass is 16.6. The maximum absolute atomic E-state index is 6.08. The van der Waals surface area contributed by atoms with Gasteiger partial charge in [0.05, 0.1) is 19.4 Å². The minimum atomic E-state index is 0.366. The highest BCUT2D eigenvalue weighted by Gasteiger charge is 2.09. The molecule has 2 aromatic rings. The number of nitrogens with zero attached hydrogens (tertiary/aromatic N) is 1. The summed E-state index contributed by atoms with van der Waals surface area (Å²) in [5.41, 5.74) is 3.11. The zero-order chi connectivity index (χ0) is 23.8. The van der Waals surface area contributed by atoms with Gasteiger partial charge < -0.3 is 19.0 Å². The molecule has 0 aliphatic rings. The summed E-state index contributed by atoms with van der Waals surface area (Å²) in [4.78, 5) is 4.71. The average molecular weight is 442 g/mol. The highest BCUT2D eigenvalue weighted by molar-refractivity contribution is 5.79. The number of hydrogen-bond donors (Lipinski definition) is 0. The molecule has 0 fully saturated rings. The first kappa shape index (κ1) is 27.1. The average Bonchev–Trinajstić information content (AvgIpc) is 2.80. The van der Waals surface area contributed by atoms with Crippen LogP contribution in [-0.4, -0.2) is 33.1 Å². The van der Waals surface area contributed by atoms with E-state index < -0.39 is 0 Å². The van der Waals surface area contributed by atoms with E-state index in [0.29, 0.717) is 25.7 Å². The van der Waals surface area contributed by atoms with Crippen molar-refractivity contribution in [2.75, 3.05) is 26.9 Å². The second-order valence-corrected chi connectivity index (χ2v) is 7.31. The van der Waals surface area contributed by atoms with Gasteiger partial charge in [-0.3, -0.25) is 0 Å². The lowest BCUT2D eigenvalue weighted by atomic mass is 10.1.